The molecule has 0 saturated carbocycles. The third-order valence-electron chi connectivity index (χ3n) is 5.52. The summed E-state index contributed by atoms with van der Waals surface area (Å²) in [6.45, 7) is 3.72. The minimum atomic E-state index is -3.39. The summed E-state index contributed by atoms with van der Waals surface area (Å²) < 4.78 is 24.1. The van der Waals surface area contributed by atoms with Crippen LogP contribution < -0.4 is 4.90 Å². The summed E-state index contributed by atoms with van der Waals surface area (Å²) in [6, 6.07) is 31.4. The predicted octanol–water partition coefficient (Wildman–Crippen LogP) is 5.15. The van der Waals surface area contributed by atoms with Gasteiger partial charge in [-0.1, -0.05) is 42.0 Å². The first-order chi connectivity index (χ1) is 16.8. The largest absolute Gasteiger partial charge is 0.327 e. The van der Waals surface area contributed by atoms with Gasteiger partial charge < -0.3 is 4.79 Å². The maximum Gasteiger partial charge on any atom is 0.221 e. The Morgan fingerprint density at radius 2 is 1.47 bits per heavy atom. The summed E-state index contributed by atoms with van der Waals surface area (Å²) in [5.74, 6) is -0.711. The van der Waals surface area contributed by atoms with E-state index in [1.807, 2.05) is 30.3 Å². The standard InChI is InChI=1S/C22H16NO4S.C7H7.Y/c1-28(26,27)20-9-5-4-7-18(20)15-10-12-17(13-11-15)23-21(24)14-16-6-2-3-8-19(16)22(23)25;1-7-5-3-2-4-6-7;/h2-7,9-13H,14H2,1H3;2-6H,1H2;/q2*-1;. The van der Waals surface area contributed by atoms with Crippen LogP contribution in [0.4, 0.5) is 5.69 Å². The molecular weight excluding hydrogens is 547 g/mol. The summed E-state index contributed by atoms with van der Waals surface area (Å²) >= 11 is 0. The molecule has 0 unspecified atom stereocenters. The van der Waals surface area contributed by atoms with Gasteiger partial charge in [0.05, 0.1) is 4.90 Å². The van der Waals surface area contributed by atoms with E-state index in [1.54, 1.807) is 66.7 Å². The van der Waals surface area contributed by atoms with E-state index in [-0.39, 0.29) is 49.9 Å². The van der Waals surface area contributed by atoms with Crippen molar-refractivity contribution in [2.24, 2.45) is 0 Å². The molecule has 4 aromatic carbocycles. The molecule has 7 heteroatoms. The molecule has 0 fully saturated rings. The summed E-state index contributed by atoms with van der Waals surface area (Å²) in [7, 11) is -3.39. The van der Waals surface area contributed by atoms with E-state index >= 15 is 0 Å². The van der Waals surface area contributed by atoms with Crippen LogP contribution in [0.2, 0.25) is 0 Å². The second kappa shape index (κ2) is 11.8. The third kappa shape index (κ3) is 6.19. The molecule has 0 saturated heterocycles. The molecule has 5 nitrogen and oxygen atoms in total. The van der Waals surface area contributed by atoms with Gasteiger partial charge in [-0.2, -0.15) is 24.6 Å². The first kappa shape index (κ1) is 27.5. The van der Waals surface area contributed by atoms with Crippen LogP contribution >= 0.6 is 0 Å². The van der Waals surface area contributed by atoms with Crippen molar-refractivity contribution in [3.05, 3.63) is 127 Å². The molecule has 4 aromatic rings. The first-order valence-electron chi connectivity index (χ1n) is 10.9. The van der Waals surface area contributed by atoms with Crippen LogP contribution in [0.1, 0.15) is 21.5 Å². The van der Waals surface area contributed by atoms with Crippen molar-refractivity contribution in [3.63, 3.8) is 0 Å². The molecule has 0 atom stereocenters. The van der Waals surface area contributed by atoms with Gasteiger partial charge in [-0.05, 0) is 23.8 Å². The van der Waals surface area contributed by atoms with Crippen molar-refractivity contribution in [3.8, 4) is 11.1 Å². The van der Waals surface area contributed by atoms with Crippen LogP contribution in [0.15, 0.2) is 102 Å². The Labute approximate surface area is 237 Å². The molecule has 1 aliphatic rings. The number of anilines is 1. The first-order valence-corrected chi connectivity index (χ1v) is 12.8. The zero-order chi connectivity index (χ0) is 25.0. The van der Waals surface area contributed by atoms with Crippen molar-refractivity contribution in [1.29, 1.82) is 0 Å². The number of sulfone groups is 1. The van der Waals surface area contributed by atoms with Gasteiger partial charge in [0.15, 0.2) is 15.7 Å². The Morgan fingerprint density at radius 1 is 0.833 bits per heavy atom. The van der Waals surface area contributed by atoms with E-state index in [4.69, 9.17) is 0 Å². The predicted molar refractivity (Wildman–Crippen MR) is 137 cm³/mol. The quantitative estimate of drug-likeness (QED) is 0.252. The van der Waals surface area contributed by atoms with Gasteiger partial charge in [0, 0.05) is 56.6 Å². The zero-order valence-corrected chi connectivity index (χ0v) is 23.4. The van der Waals surface area contributed by atoms with Gasteiger partial charge in [-0.15, -0.1) is 42.0 Å². The number of carbonyl (C=O) groups excluding carboxylic acids is 2. The molecule has 1 radical (unpaired) electrons. The normalized spacial score (nSPS) is 12.6. The van der Waals surface area contributed by atoms with Gasteiger partial charge in [0.1, 0.15) is 0 Å². The number of hydrogen-bond donors (Lipinski definition) is 0. The molecule has 5 rings (SSSR count). The van der Waals surface area contributed by atoms with Gasteiger partial charge >= 0.3 is 0 Å². The maximum atomic E-state index is 12.8. The molecule has 0 aliphatic carbocycles. The van der Waals surface area contributed by atoms with Crippen molar-refractivity contribution in [2.75, 3.05) is 11.2 Å². The van der Waals surface area contributed by atoms with E-state index in [0.717, 1.165) is 10.5 Å². The van der Waals surface area contributed by atoms with Crippen LogP contribution in [-0.4, -0.2) is 26.5 Å². The number of rotatable bonds is 3. The fourth-order valence-corrected chi connectivity index (χ4v) is 4.75. The summed E-state index contributed by atoms with van der Waals surface area (Å²) in [4.78, 5) is 26.7. The average Bonchev–Trinajstić information content (AvgIpc) is 2.85. The Morgan fingerprint density at radius 3 is 2.08 bits per heavy atom. The van der Waals surface area contributed by atoms with Crippen molar-refractivity contribution < 1.29 is 50.7 Å². The van der Waals surface area contributed by atoms with Crippen molar-refractivity contribution in [1.82, 2.24) is 0 Å². The Hall–Kier alpha value is -3.06. The van der Waals surface area contributed by atoms with E-state index in [2.05, 4.69) is 13.0 Å². The smallest absolute Gasteiger partial charge is 0.221 e. The molecule has 0 aromatic heterocycles. The summed E-state index contributed by atoms with van der Waals surface area (Å²) in [6.07, 6.45) is 1.30. The van der Waals surface area contributed by atoms with Gasteiger partial charge in [0.2, 0.25) is 5.91 Å². The number of nitrogens with zero attached hydrogens (tertiary/aromatic N) is 1. The Bertz CT molecular complexity index is 1480. The minimum absolute atomic E-state index is 0. The molecule has 2 amide bonds. The number of fused-ring (bicyclic) bond motifs is 1. The SMILES string of the molecule is CS(=O)(=O)c1ccccc1-c1ccc(N2C(=O)Cc3ccc[c-]c3C2=O)cc1.[CH2-]c1ccccc1.[Y]. The number of imide groups is 1. The Kier molecular flexibility index (Phi) is 9.01. The molecule has 179 valence electrons. The summed E-state index contributed by atoms with van der Waals surface area (Å²) in [5.41, 5.74) is 3.85. The van der Waals surface area contributed by atoms with Crippen LogP contribution in [0.3, 0.4) is 0 Å². The monoisotopic (exact) mass is 570 g/mol. The van der Waals surface area contributed by atoms with Crippen molar-refractivity contribution in [2.45, 2.75) is 11.3 Å². The fourth-order valence-electron chi connectivity index (χ4n) is 3.84. The molecule has 1 aliphatic heterocycles. The van der Waals surface area contributed by atoms with Gasteiger partial charge in [0.25, 0.3) is 0 Å². The van der Waals surface area contributed by atoms with Crippen LogP contribution in [0, 0.1) is 13.0 Å². The molecule has 0 bridgehead atoms. The molecule has 0 spiro atoms. The van der Waals surface area contributed by atoms with Crippen LogP contribution in [-0.2, 0) is 53.8 Å². The number of amides is 2. The fraction of sp³-hybridized carbons (Fsp3) is 0.0690. The van der Waals surface area contributed by atoms with E-state index in [1.165, 1.54) is 6.26 Å². The van der Waals surface area contributed by atoms with E-state index < -0.39 is 15.7 Å². The molecule has 0 N–H and O–H groups in total. The second-order valence-corrected chi connectivity index (χ2v) is 10.1. The second-order valence-electron chi connectivity index (χ2n) is 8.08. The molecular formula is C29H23NO4SY-2. The van der Waals surface area contributed by atoms with Gasteiger partial charge in [-0.25, -0.2) is 8.42 Å². The van der Waals surface area contributed by atoms with Crippen molar-refractivity contribution >= 4 is 27.3 Å². The van der Waals surface area contributed by atoms with Crippen LogP contribution in [0.25, 0.3) is 11.1 Å². The maximum absolute atomic E-state index is 12.8. The average molecular weight is 570 g/mol. The molecule has 36 heavy (non-hydrogen) atoms. The molecule has 1 heterocycles. The minimum Gasteiger partial charge on any atom is -0.327 e. The Balaban J connectivity index is 0.000000391. The summed E-state index contributed by atoms with van der Waals surface area (Å²) in [5, 5.41) is 0. The number of benzene rings is 4. The topological polar surface area (TPSA) is 71.5 Å². The third-order valence-corrected chi connectivity index (χ3v) is 6.67. The number of carbonyl (C=O) groups is 2. The van der Waals surface area contributed by atoms with E-state index in [0.29, 0.717) is 27.9 Å². The number of hydrogen-bond acceptors (Lipinski definition) is 4. The van der Waals surface area contributed by atoms with E-state index in [9.17, 15) is 18.0 Å². The zero-order valence-electron chi connectivity index (χ0n) is 19.7. The van der Waals surface area contributed by atoms with Gasteiger partial charge in [-0.3, -0.25) is 9.69 Å². The van der Waals surface area contributed by atoms with Crippen LogP contribution in [0.5, 0.6) is 0 Å².